The van der Waals surface area contributed by atoms with E-state index in [4.69, 9.17) is 0 Å². The Kier molecular flexibility index (Phi) is 3.19. The lowest BCUT2D eigenvalue weighted by atomic mass is 10.4. The number of aromatic nitrogens is 1. The highest BCUT2D eigenvalue weighted by molar-refractivity contribution is 7.08. The molecule has 0 fully saturated rings. The largest absolute Gasteiger partial charge is 0.383 e. The molecule has 2 aromatic heterocycles. The summed E-state index contributed by atoms with van der Waals surface area (Å²) < 4.78 is 1.69. The van der Waals surface area contributed by atoms with Gasteiger partial charge in [0.25, 0.3) is 5.56 Å². The Hall–Kier alpha value is -1.55. The predicted molar refractivity (Wildman–Crippen MR) is 63.5 cm³/mol. The van der Waals surface area contributed by atoms with E-state index in [0.717, 1.165) is 12.2 Å². The first-order chi connectivity index (χ1) is 7.36. The van der Waals surface area contributed by atoms with E-state index in [9.17, 15) is 4.79 Å². The molecule has 0 radical (unpaired) electrons. The van der Waals surface area contributed by atoms with Crippen LogP contribution in [0.1, 0.15) is 0 Å². The summed E-state index contributed by atoms with van der Waals surface area (Å²) in [4.78, 5) is 11.3. The first-order valence-electron chi connectivity index (χ1n) is 4.78. The molecule has 15 heavy (non-hydrogen) atoms. The smallest absolute Gasteiger partial charge is 0.250 e. The molecular formula is C11H12N2OS. The molecule has 0 unspecified atom stereocenters. The van der Waals surface area contributed by atoms with Crippen LogP contribution >= 0.6 is 11.3 Å². The van der Waals surface area contributed by atoms with Crippen LogP contribution in [-0.4, -0.2) is 11.1 Å². The fourth-order valence-electron chi connectivity index (χ4n) is 1.33. The van der Waals surface area contributed by atoms with E-state index in [1.807, 2.05) is 22.9 Å². The van der Waals surface area contributed by atoms with Crippen LogP contribution in [0, 0.1) is 0 Å². The normalized spacial score (nSPS) is 10.1. The molecule has 2 aromatic rings. The second-order valence-corrected chi connectivity index (χ2v) is 3.95. The highest BCUT2D eigenvalue weighted by Gasteiger charge is 1.94. The summed E-state index contributed by atoms with van der Waals surface area (Å²) in [6.07, 6.45) is 1.80. The minimum absolute atomic E-state index is 0.0459. The van der Waals surface area contributed by atoms with Crippen molar-refractivity contribution in [3.05, 3.63) is 51.6 Å². The van der Waals surface area contributed by atoms with Gasteiger partial charge in [-0.3, -0.25) is 4.79 Å². The van der Waals surface area contributed by atoms with Gasteiger partial charge in [0.2, 0.25) is 0 Å². The van der Waals surface area contributed by atoms with Gasteiger partial charge in [0.1, 0.15) is 0 Å². The number of thiophene rings is 1. The molecule has 0 aliphatic carbocycles. The van der Waals surface area contributed by atoms with Crippen LogP contribution in [0.3, 0.4) is 0 Å². The number of pyridine rings is 1. The Labute approximate surface area is 92.0 Å². The first-order valence-corrected chi connectivity index (χ1v) is 5.72. The summed E-state index contributed by atoms with van der Waals surface area (Å²) in [5.41, 5.74) is 1.16. The highest BCUT2D eigenvalue weighted by Crippen LogP contribution is 2.10. The molecule has 1 N–H and O–H groups in total. The molecule has 0 aliphatic rings. The van der Waals surface area contributed by atoms with E-state index in [1.54, 1.807) is 34.2 Å². The number of hydrogen-bond acceptors (Lipinski definition) is 3. The van der Waals surface area contributed by atoms with Gasteiger partial charge in [-0.1, -0.05) is 6.07 Å². The van der Waals surface area contributed by atoms with Crippen LogP contribution in [0.25, 0.3) is 0 Å². The van der Waals surface area contributed by atoms with Crippen molar-refractivity contribution in [1.29, 1.82) is 0 Å². The van der Waals surface area contributed by atoms with E-state index in [-0.39, 0.29) is 5.56 Å². The van der Waals surface area contributed by atoms with E-state index in [0.29, 0.717) is 6.54 Å². The van der Waals surface area contributed by atoms with Gasteiger partial charge in [-0.15, -0.1) is 0 Å². The summed E-state index contributed by atoms with van der Waals surface area (Å²) in [6, 6.07) is 7.22. The number of nitrogens with one attached hydrogen (secondary N) is 1. The van der Waals surface area contributed by atoms with Gasteiger partial charge < -0.3 is 9.88 Å². The van der Waals surface area contributed by atoms with E-state index < -0.39 is 0 Å². The second kappa shape index (κ2) is 4.79. The lowest BCUT2D eigenvalue weighted by molar-refractivity contribution is 0.698. The first kappa shape index (κ1) is 9.98. The lowest BCUT2D eigenvalue weighted by Gasteiger charge is -2.06. The zero-order valence-electron chi connectivity index (χ0n) is 8.22. The molecule has 0 saturated carbocycles. The Morgan fingerprint density at radius 1 is 1.33 bits per heavy atom. The maximum absolute atomic E-state index is 11.3. The molecule has 3 nitrogen and oxygen atoms in total. The molecule has 0 aliphatic heterocycles. The highest BCUT2D eigenvalue weighted by atomic mass is 32.1. The Morgan fingerprint density at radius 2 is 2.27 bits per heavy atom. The summed E-state index contributed by atoms with van der Waals surface area (Å²) in [5.74, 6) is 0. The van der Waals surface area contributed by atoms with Crippen LogP contribution in [-0.2, 0) is 6.54 Å². The van der Waals surface area contributed by atoms with Gasteiger partial charge in [-0.25, -0.2) is 0 Å². The van der Waals surface area contributed by atoms with Crippen LogP contribution < -0.4 is 10.9 Å². The minimum Gasteiger partial charge on any atom is -0.383 e. The van der Waals surface area contributed by atoms with Crippen LogP contribution in [0.15, 0.2) is 46.0 Å². The summed E-state index contributed by atoms with van der Waals surface area (Å²) >= 11 is 1.66. The van der Waals surface area contributed by atoms with Gasteiger partial charge >= 0.3 is 0 Å². The van der Waals surface area contributed by atoms with Crippen molar-refractivity contribution in [3.8, 4) is 0 Å². The van der Waals surface area contributed by atoms with E-state index in [1.165, 1.54) is 0 Å². The van der Waals surface area contributed by atoms with Gasteiger partial charge in [-0.2, -0.15) is 11.3 Å². The third-order valence-electron chi connectivity index (χ3n) is 2.10. The van der Waals surface area contributed by atoms with Gasteiger partial charge in [0.15, 0.2) is 0 Å². The fourth-order valence-corrected chi connectivity index (χ4v) is 1.94. The number of rotatable bonds is 4. The van der Waals surface area contributed by atoms with Crippen molar-refractivity contribution >= 4 is 17.0 Å². The second-order valence-electron chi connectivity index (χ2n) is 3.17. The van der Waals surface area contributed by atoms with Gasteiger partial charge in [0.05, 0.1) is 0 Å². The van der Waals surface area contributed by atoms with E-state index in [2.05, 4.69) is 5.32 Å². The third kappa shape index (κ3) is 2.70. The van der Waals surface area contributed by atoms with E-state index >= 15 is 0 Å². The summed E-state index contributed by atoms with van der Waals surface area (Å²) in [6.45, 7) is 1.45. The number of nitrogens with zero attached hydrogens (tertiary/aromatic N) is 1. The molecule has 0 saturated heterocycles. The molecule has 0 atom stereocenters. The molecule has 78 valence electrons. The molecule has 2 rings (SSSR count). The summed E-state index contributed by atoms with van der Waals surface area (Å²) in [7, 11) is 0. The topological polar surface area (TPSA) is 34.0 Å². The third-order valence-corrected chi connectivity index (χ3v) is 2.79. The molecule has 0 amide bonds. The number of anilines is 1. The van der Waals surface area contributed by atoms with Crippen molar-refractivity contribution in [2.75, 3.05) is 11.9 Å². The maximum Gasteiger partial charge on any atom is 0.250 e. The van der Waals surface area contributed by atoms with Crippen molar-refractivity contribution in [2.24, 2.45) is 0 Å². The average Bonchev–Trinajstić information content (AvgIpc) is 2.74. The van der Waals surface area contributed by atoms with Gasteiger partial charge in [-0.05, 0) is 17.5 Å². The zero-order chi connectivity index (χ0) is 10.5. The quantitative estimate of drug-likeness (QED) is 0.855. The Bertz CT molecular complexity index is 461. The minimum atomic E-state index is 0.0459. The Balaban J connectivity index is 1.89. The SMILES string of the molecule is O=c1ccccn1CCNc1ccsc1. The fraction of sp³-hybridized carbons (Fsp3) is 0.182. The van der Waals surface area contributed by atoms with Crippen molar-refractivity contribution in [2.45, 2.75) is 6.54 Å². The average molecular weight is 220 g/mol. The zero-order valence-corrected chi connectivity index (χ0v) is 9.04. The molecule has 4 heteroatoms. The van der Waals surface area contributed by atoms with Crippen molar-refractivity contribution in [3.63, 3.8) is 0 Å². The Morgan fingerprint density at radius 3 is 3.00 bits per heavy atom. The van der Waals surface area contributed by atoms with Crippen LogP contribution in [0.5, 0.6) is 0 Å². The monoisotopic (exact) mass is 220 g/mol. The summed E-state index contributed by atoms with van der Waals surface area (Å²) in [5, 5.41) is 7.33. The van der Waals surface area contributed by atoms with Crippen molar-refractivity contribution < 1.29 is 0 Å². The molecule has 0 spiro atoms. The standard InChI is InChI=1S/C11H12N2OS/c14-11-3-1-2-6-13(11)7-5-12-10-4-8-15-9-10/h1-4,6,8-9,12H,5,7H2. The predicted octanol–water partition coefficient (Wildman–Crippen LogP) is 2.02. The van der Waals surface area contributed by atoms with Crippen molar-refractivity contribution in [1.82, 2.24) is 4.57 Å². The van der Waals surface area contributed by atoms with Crippen LogP contribution in [0.2, 0.25) is 0 Å². The lowest BCUT2D eigenvalue weighted by Crippen LogP contribution is -2.21. The molecule has 0 bridgehead atoms. The maximum atomic E-state index is 11.3. The molecule has 2 heterocycles. The number of hydrogen-bond donors (Lipinski definition) is 1. The molecule has 0 aromatic carbocycles. The van der Waals surface area contributed by atoms with Gasteiger partial charge in [0, 0.05) is 36.4 Å². The van der Waals surface area contributed by atoms with Crippen LogP contribution in [0.4, 0.5) is 5.69 Å². The molecular weight excluding hydrogens is 208 g/mol.